The molecule has 0 fully saturated rings. The largest absolute Gasteiger partial charge is 0.457 e. The van der Waals surface area contributed by atoms with Gasteiger partial charge >= 0.3 is 5.97 Å². The molecule has 0 saturated heterocycles. The lowest BCUT2D eigenvalue weighted by Gasteiger charge is -2.18. The molecule has 4 heteroatoms. The molecule has 0 saturated carbocycles. The normalized spacial score (nSPS) is 11.9. The number of rotatable bonds is 51. The summed E-state index contributed by atoms with van der Waals surface area (Å²) >= 11 is 0. The first-order valence-electron chi connectivity index (χ1n) is 26.9. The Balaban J connectivity index is 4.12. The first-order valence-corrected chi connectivity index (χ1v) is 26.9. The minimum Gasteiger partial charge on any atom is -0.457 e. The standard InChI is InChI=1S/C55H106O4/c1-4-7-10-13-16-19-22-25-27-29-32-35-38-41-44-47-50-57-52-54(59-55(56)49-46-43-40-37-34-31-24-21-18-15-12-9-6-3)53-58-51-48-45-42-39-36-33-30-28-26-23-20-17-14-11-8-5-2/h25-28,54H,4-24,29-53H2,1-3H3/b27-25-,28-26-. The van der Waals surface area contributed by atoms with Gasteiger partial charge in [0.15, 0.2) is 0 Å². The van der Waals surface area contributed by atoms with Crippen molar-refractivity contribution in [2.45, 2.75) is 297 Å². The number of hydrogen-bond donors (Lipinski definition) is 0. The van der Waals surface area contributed by atoms with Crippen LogP contribution in [0.1, 0.15) is 290 Å². The van der Waals surface area contributed by atoms with Crippen molar-refractivity contribution >= 4 is 5.97 Å². The smallest absolute Gasteiger partial charge is 0.306 e. The Labute approximate surface area is 371 Å². The Morgan fingerprint density at radius 3 is 0.898 bits per heavy atom. The fourth-order valence-electron chi connectivity index (χ4n) is 7.98. The fraction of sp³-hybridized carbons (Fsp3) is 0.909. The summed E-state index contributed by atoms with van der Waals surface area (Å²) in [6, 6.07) is 0. The van der Waals surface area contributed by atoms with Crippen LogP contribution in [0.4, 0.5) is 0 Å². The second-order valence-corrected chi connectivity index (χ2v) is 18.1. The van der Waals surface area contributed by atoms with E-state index in [4.69, 9.17) is 14.2 Å². The van der Waals surface area contributed by atoms with Crippen molar-refractivity contribution in [3.63, 3.8) is 0 Å². The maximum Gasteiger partial charge on any atom is 0.306 e. The highest BCUT2D eigenvalue weighted by atomic mass is 16.6. The van der Waals surface area contributed by atoms with E-state index in [0.717, 1.165) is 38.9 Å². The predicted octanol–water partition coefficient (Wildman–Crippen LogP) is 18.5. The average Bonchev–Trinajstić information content (AvgIpc) is 3.24. The van der Waals surface area contributed by atoms with E-state index in [2.05, 4.69) is 45.1 Å². The van der Waals surface area contributed by atoms with E-state index < -0.39 is 0 Å². The van der Waals surface area contributed by atoms with Gasteiger partial charge in [-0.25, -0.2) is 0 Å². The quantitative estimate of drug-likeness (QED) is 0.0348. The van der Waals surface area contributed by atoms with Gasteiger partial charge in [0.2, 0.25) is 0 Å². The van der Waals surface area contributed by atoms with E-state index in [1.807, 2.05) is 0 Å². The van der Waals surface area contributed by atoms with E-state index >= 15 is 0 Å². The second-order valence-electron chi connectivity index (χ2n) is 18.1. The van der Waals surface area contributed by atoms with Crippen LogP contribution in [0.15, 0.2) is 24.3 Å². The summed E-state index contributed by atoms with van der Waals surface area (Å²) in [6.45, 7) is 9.23. The van der Waals surface area contributed by atoms with Crippen molar-refractivity contribution in [2.24, 2.45) is 0 Å². The molecule has 0 rings (SSSR count). The molecule has 0 N–H and O–H groups in total. The van der Waals surface area contributed by atoms with Gasteiger partial charge in [-0.3, -0.25) is 4.79 Å². The van der Waals surface area contributed by atoms with Gasteiger partial charge in [0.1, 0.15) is 6.10 Å². The first-order chi connectivity index (χ1) is 29.2. The van der Waals surface area contributed by atoms with Gasteiger partial charge in [-0.2, -0.15) is 0 Å². The van der Waals surface area contributed by atoms with Crippen molar-refractivity contribution in [2.75, 3.05) is 26.4 Å². The lowest BCUT2D eigenvalue weighted by Crippen LogP contribution is -2.29. The van der Waals surface area contributed by atoms with Crippen molar-refractivity contribution in [3.8, 4) is 0 Å². The zero-order valence-electron chi connectivity index (χ0n) is 40.5. The van der Waals surface area contributed by atoms with Crippen LogP contribution >= 0.6 is 0 Å². The average molecular weight is 831 g/mol. The van der Waals surface area contributed by atoms with Gasteiger partial charge in [0.25, 0.3) is 0 Å². The van der Waals surface area contributed by atoms with Gasteiger partial charge in [-0.15, -0.1) is 0 Å². The molecule has 0 aliphatic heterocycles. The summed E-state index contributed by atoms with van der Waals surface area (Å²) in [4.78, 5) is 12.8. The fourth-order valence-corrected chi connectivity index (χ4v) is 7.98. The molecule has 350 valence electrons. The van der Waals surface area contributed by atoms with Gasteiger partial charge in [0, 0.05) is 19.6 Å². The Hall–Kier alpha value is -1.13. The maximum absolute atomic E-state index is 12.8. The van der Waals surface area contributed by atoms with Gasteiger partial charge < -0.3 is 14.2 Å². The molecule has 0 radical (unpaired) electrons. The Morgan fingerprint density at radius 2 is 0.593 bits per heavy atom. The molecule has 59 heavy (non-hydrogen) atoms. The number of allylic oxidation sites excluding steroid dienone is 4. The SMILES string of the molecule is CCCCCCCC/C=C\CCCCCCCCOCC(COCCCCCCCC/C=C\CCCCCCCC)OC(=O)CCCCCCCCCCCCCCC. The molecule has 0 aromatic heterocycles. The summed E-state index contributed by atoms with van der Waals surface area (Å²) in [5.74, 6) is -0.0835. The molecule has 0 unspecified atom stereocenters. The molecule has 0 atom stereocenters. The Morgan fingerprint density at radius 1 is 0.339 bits per heavy atom. The van der Waals surface area contributed by atoms with Crippen LogP contribution in [0.5, 0.6) is 0 Å². The molecule has 0 aromatic rings. The van der Waals surface area contributed by atoms with Crippen LogP contribution in [0.2, 0.25) is 0 Å². The number of carbonyl (C=O) groups is 1. The lowest BCUT2D eigenvalue weighted by molar-refractivity contribution is -0.156. The van der Waals surface area contributed by atoms with Crippen LogP contribution in [0, 0.1) is 0 Å². The monoisotopic (exact) mass is 831 g/mol. The third-order valence-electron chi connectivity index (χ3n) is 12.0. The lowest BCUT2D eigenvalue weighted by atomic mass is 10.0. The van der Waals surface area contributed by atoms with Crippen LogP contribution in [0.25, 0.3) is 0 Å². The molecule has 0 amide bonds. The molecule has 0 aromatic carbocycles. The topological polar surface area (TPSA) is 44.8 Å². The Kier molecular flexibility index (Phi) is 52.0. The number of esters is 1. The minimum atomic E-state index is -0.298. The molecule has 0 bridgehead atoms. The van der Waals surface area contributed by atoms with E-state index in [-0.39, 0.29) is 12.1 Å². The molecule has 4 nitrogen and oxygen atoms in total. The third-order valence-corrected chi connectivity index (χ3v) is 12.0. The van der Waals surface area contributed by atoms with Crippen LogP contribution in [-0.2, 0) is 19.0 Å². The van der Waals surface area contributed by atoms with E-state index in [0.29, 0.717) is 19.6 Å². The van der Waals surface area contributed by atoms with E-state index in [1.54, 1.807) is 0 Å². The summed E-state index contributed by atoms with van der Waals surface area (Å²) in [6.07, 6.45) is 63.5. The minimum absolute atomic E-state index is 0.0835. The molecular formula is C55H106O4. The van der Waals surface area contributed by atoms with Crippen LogP contribution < -0.4 is 0 Å². The number of unbranched alkanes of at least 4 members (excludes halogenated alkanes) is 36. The predicted molar refractivity (Wildman–Crippen MR) is 261 cm³/mol. The zero-order chi connectivity index (χ0) is 42.6. The van der Waals surface area contributed by atoms with Gasteiger partial charge in [-0.1, -0.05) is 238 Å². The van der Waals surface area contributed by atoms with Crippen molar-refractivity contribution in [3.05, 3.63) is 24.3 Å². The van der Waals surface area contributed by atoms with Crippen LogP contribution in [-0.4, -0.2) is 38.5 Å². The molecular weight excluding hydrogens is 725 g/mol. The van der Waals surface area contributed by atoms with Gasteiger partial charge in [-0.05, 0) is 70.6 Å². The highest BCUT2D eigenvalue weighted by molar-refractivity contribution is 5.69. The summed E-state index contributed by atoms with van der Waals surface area (Å²) in [5.41, 5.74) is 0. The number of hydrogen-bond acceptors (Lipinski definition) is 4. The van der Waals surface area contributed by atoms with Crippen molar-refractivity contribution in [1.82, 2.24) is 0 Å². The zero-order valence-corrected chi connectivity index (χ0v) is 40.5. The molecule has 0 heterocycles. The van der Waals surface area contributed by atoms with Crippen molar-refractivity contribution in [1.29, 1.82) is 0 Å². The van der Waals surface area contributed by atoms with Crippen molar-refractivity contribution < 1.29 is 19.0 Å². The molecule has 0 aliphatic carbocycles. The highest BCUT2D eigenvalue weighted by Gasteiger charge is 2.15. The van der Waals surface area contributed by atoms with Gasteiger partial charge in [0.05, 0.1) is 13.2 Å². The van der Waals surface area contributed by atoms with Crippen LogP contribution in [0.3, 0.4) is 0 Å². The third kappa shape index (κ3) is 51.1. The van der Waals surface area contributed by atoms with E-state index in [9.17, 15) is 4.79 Å². The molecule has 0 aliphatic rings. The number of ether oxygens (including phenoxy) is 3. The summed E-state index contributed by atoms with van der Waals surface area (Å²) < 4.78 is 18.0. The molecule has 0 spiro atoms. The maximum atomic E-state index is 12.8. The highest BCUT2D eigenvalue weighted by Crippen LogP contribution is 2.15. The summed E-state index contributed by atoms with van der Waals surface area (Å²) in [7, 11) is 0. The first kappa shape index (κ1) is 57.9. The number of carbonyl (C=O) groups excluding carboxylic acids is 1. The summed E-state index contributed by atoms with van der Waals surface area (Å²) in [5, 5.41) is 0. The Bertz CT molecular complexity index is 791. The van der Waals surface area contributed by atoms with E-state index in [1.165, 1.54) is 238 Å². The second kappa shape index (κ2) is 53.0.